The van der Waals surface area contributed by atoms with E-state index in [1.807, 2.05) is 0 Å². The summed E-state index contributed by atoms with van der Waals surface area (Å²) in [5.41, 5.74) is 2.67. The summed E-state index contributed by atoms with van der Waals surface area (Å²) in [5, 5.41) is 28.9. The first-order valence-corrected chi connectivity index (χ1v) is 25.2. The second-order valence-electron chi connectivity index (χ2n) is 25.5. The van der Waals surface area contributed by atoms with Gasteiger partial charge in [-0.15, -0.1) is 0 Å². The van der Waals surface area contributed by atoms with Gasteiger partial charge in [-0.25, -0.2) is 4.79 Å². The molecule has 4 rings (SSSR count). The third-order valence-corrected chi connectivity index (χ3v) is 13.0. The molecule has 0 aliphatic carbocycles. The van der Waals surface area contributed by atoms with Crippen molar-refractivity contribution in [2.45, 2.75) is 311 Å². The number of nitrogens with one attached hydrogen (secondary N) is 4. The molecule has 4 aliphatic heterocycles. The monoisotopic (exact) mass is 851 g/mol. The molecule has 0 bridgehead atoms. The number of unbranched alkanes of at least 4 members (excludes halogenated alkanes) is 4. The molecular weight excluding hydrogens is 741 g/mol. The molecule has 0 aromatic rings. The normalized spacial score (nSPS) is 25.0. The van der Waals surface area contributed by atoms with Crippen molar-refractivity contribution in [3.63, 3.8) is 0 Å². The van der Waals surface area contributed by atoms with Gasteiger partial charge in [-0.05, 0) is 186 Å². The minimum atomic E-state index is -1.83. The van der Waals surface area contributed by atoms with Crippen LogP contribution < -0.4 is 21.3 Å². The Hall–Kier alpha value is -0.890. The van der Waals surface area contributed by atoms with Crippen LogP contribution in [-0.4, -0.2) is 60.7 Å². The Balaban J connectivity index is 0.000000750. The average Bonchev–Trinajstić information content (AvgIpc) is 2.99. The molecule has 0 radical (unpaired) electrons. The molecule has 0 atom stereocenters. The van der Waals surface area contributed by atoms with Crippen molar-refractivity contribution in [1.29, 1.82) is 0 Å². The zero-order chi connectivity index (χ0) is 46.9. The van der Waals surface area contributed by atoms with E-state index in [1.165, 1.54) is 128 Å². The molecule has 0 saturated carbocycles. The predicted octanol–water partition coefficient (Wildman–Crippen LogP) is 15.2. The van der Waals surface area contributed by atoms with Gasteiger partial charge in [-0.2, -0.15) is 0 Å². The van der Waals surface area contributed by atoms with Crippen LogP contribution in [0.15, 0.2) is 0 Å². The zero-order valence-corrected chi connectivity index (χ0v) is 44.3. The van der Waals surface area contributed by atoms with Gasteiger partial charge in [0.2, 0.25) is 0 Å². The van der Waals surface area contributed by atoms with Gasteiger partial charge in [0.1, 0.15) is 0 Å². The van der Waals surface area contributed by atoms with Crippen molar-refractivity contribution in [2.75, 3.05) is 0 Å². The Morgan fingerprint density at radius 1 is 0.350 bits per heavy atom. The first-order chi connectivity index (χ1) is 27.1. The van der Waals surface area contributed by atoms with Crippen molar-refractivity contribution in [3.8, 4) is 0 Å². The number of carboxylic acid groups (broad SMARTS) is 2. The highest BCUT2D eigenvalue weighted by Crippen LogP contribution is 2.38. The number of rotatable bonds is 12. The van der Waals surface area contributed by atoms with Crippen LogP contribution in [0.25, 0.3) is 0 Å². The van der Waals surface area contributed by atoms with Gasteiger partial charge in [0.15, 0.2) is 0 Å². The Kier molecular flexibility index (Phi) is 25.2. The Labute approximate surface area is 376 Å². The van der Waals surface area contributed by atoms with E-state index in [4.69, 9.17) is 15.0 Å². The highest BCUT2D eigenvalue weighted by molar-refractivity contribution is 5.53. The van der Waals surface area contributed by atoms with E-state index in [0.29, 0.717) is 44.3 Å². The summed E-state index contributed by atoms with van der Waals surface area (Å²) in [5.74, 6) is 3.73. The Bertz CT molecular complexity index is 935. The number of piperidine rings is 4. The third kappa shape index (κ3) is 28.7. The quantitative estimate of drug-likeness (QED) is 0.116. The summed E-state index contributed by atoms with van der Waals surface area (Å²) in [7, 11) is 0. The standard InChI is InChI=1S/4C13H27N.CH2O3/c4*1-6-7-8-11-9-12(2,3)14-13(4,5)10-11;2-1(3)4/h4*11,14H,6-10H2,1-5H3;(H2,2,3,4). The highest BCUT2D eigenvalue weighted by Gasteiger charge is 2.40. The lowest BCUT2D eigenvalue weighted by Crippen LogP contribution is -2.57. The number of carbonyl (C=O) groups is 1. The smallest absolute Gasteiger partial charge is 0.450 e. The van der Waals surface area contributed by atoms with Crippen LogP contribution in [0.4, 0.5) is 4.79 Å². The molecule has 7 heteroatoms. The molecule has 0 spiro atoms. The van der Waals surface area contributed by atoms with Crippen molar-refractivity contribution in [1.82, 2.24) is 21.3 Å². The summed E-state index contributed by atoms with van der Waals surface area (Å²) in [6, 6.07) is 0. The van der Waals surface area contributed by atoms with E-state index in [0.717, 1.165) is 23.7 Å². The molecule has 6 N–H and O–H groups in total. The molecule has 60 heavy (non-hydrogen) atoms. The SMILES string of the molecule is CCCCC1CC(C)(C)NC(C)(C)C1.CCCCC1CC(C)(C)NC(C)(C)C1.CCCCC1CC(C)(C)NC(C)(C)C1.CCCCC1CC(C)(C)NC(C)(C)C1.O=C(O)O. The molecule has 360 valence electrons. The van der Waals surface area contributed by atoms with Gasteiger partial charge in [0.25, 0.3) is 0 Å². The van der Waals surface area contributed by atoms with E-state index in [2.05, 4.69) is 160 Å². The summed E-state index contributed by atoms with van der Waals surface area (Å²) in [6.45, 7) is 46.6. The summed E-state index contributed by atoms with van der Waals surface area (Å²) in [4.78, 5) is 8.56. The van der Waals surface area contributed by atoms with E-state index in [9.17, 15) is 0 Å². The molecule has 0 amide bonds. The van der Waals surface area contributed by atoms with Crippen LogP contribution in [0.1, 0.15) is 267 Å². The molecule has 0 aromatic carbocycles. The van der Waals surface area contributed by atoms with Crippen LogP contribution in [0.3, 0.4) is 0 Å². The van der Waals surface area contributed by atoms with Crippen LogP contribution in [0, 0.1) is 23.7 Å². The second-order valence-corrected chi connectivity index (χ2v) is 25.5. The number of hydrogen-bond donors (Lipinski definition) is 6. The van der Waals surface area contributed by atoms with Gasteiger partial charge in [0.05, 0.1) is 0 Å². The lowest BCUT2D eigenvalue weighted by molar-refractivity contribution is 0.122. The van der Waals surface area contributed by atoms with Crippen LogP contribution >= 0.6 is 0 Å². The first-order valence-electron chi connectivity index (χ1n) is 25.2. The highest BCUT2D eigenvalue weighted by atomic mass is 16.6. The molecular formula is C53H110N4O3. The summed E-state index contributed by atoms with van der Waals surface area (Å²) in [6.07, 6.45) is 25.6. The fraction of sp³-hybridized carbons (Fsp3) is 0.981. The third-order valence-electron chi connectivity index (χ3n) is 13.0. The lowest BCUT2D eigenvalue weighted by Gasteiger charge is -2.46. The maximum absolute atomic E-state index is 8.56. The largest absolute Gasteiger partial charge is 0.503 e. The number of hydrogen-bond acceptors (Lipinski definition) is 5. The molecule has 4 aliphatic rings. The predicted molar refractivity (Wildman–Crippen MR) is 265 cm³/mol. The van der Waals surface area contributed by atoms with E-state index >= 15 is 0 Å². The fourth-order valence-corrected chi connectivity index (χ4v) is 12.9. The van der Waals surface area contributed by atoms with Crippen molar-refractivity contribution in [2.24, 2.45) is 23.7 Å². The summed E-state index contributed by atoms with van der Waals surface area (Å²) >= 11 is 0. The Morgan fingerprint density at radius 3 is 0.567 bits per heavy atom. The second kappa shape index (κ2) is 25.6. The average molecular weight is 851 g/mol. The van der Waals surface area contributed by atoms with E-state index < -0.39 is 6.16 Å². The minimum absolute atomic E-state index is 0.333. The minimum Gasteiger partial charge on any atom is -0.450 e. The molecule has 7 nitrogen and oxygen atoms in total. The van der Waals surface area contributed by atoms with Crippen LogP contribution in [-0.2, 0) is 0 Å². The summed E-state index contributed by atoms with van der Waals surface area (Å²) < 4.78 is 0. The van der Waals surface area contributed by atoms with Gasteiger partial charge in [-0.1, -0.05) is 105 Å². The van der Waals surface area contributed by atoms with Crippen molar-refractivity contribution < 1.29 is 15.0 Å². The molecule has 4 fully saturated rings. The van der Waals surface area contributed by atoms with Gasteiger partial charge in [-0.3, -0.25) is 0 Å². The Morgan fingerprint density at radius 2 is 0.467 bits per heavy atom. The molecule has 0 aromatic heterocycles. The van der Waals surface area contributed by atoms with Crippen LogP contribution in [0.5, 0.6) is 0 Å². The topological polar surface area (TPSA) is 106 Å². The van der Waals surface area contributed by atoms with Gasteiger partial charge >= 0.3 is 6.16 Å². The maximum atomic E-state index is 8.56. The molecule has 4 heterocycles. The van der Waals surface area contributed by atoms with Crippen molar-refractivity contribution >= 4 is 6.16 Å². The first kappa shape index (κ1) is 59.1. The maximum Gasteiger partial charge on any atom is 0.503 e. The fourth-order valence-electron chi connectivity index (χ4n) is 12.9. The van der Waals surface area contributed by atoms with Crippen LogP contribution in [0.2, 0.25) is 0 Å². The van der Waals surface area contributed by atoms with E-state index in [1.54, 1.807) is 0 Å². The zero-order valence-electron chi connectivity index (χ0n) is 44.3. The molecule has 0 unspecified atom stereocenters. The molecule has 4 saturated heterocycles. The van der Waals surface area contributed by atoms with E-state index in [-0.39, 0.29) is 0 Å². The van der Waals surface area contributed by atoms with Gasteiger partial charge < -0.3 is 31.5 Å². The lowest BCUT2D eigenvalue weighted by atomic mass is 9.74. The van der Waals surface area contributed by atoms with Crippen molar-refractivity contribution in [3.05, 3.63) is 0 Å². The van der Waals surface area contributed by atoms with Gasteiger partial charge in [0, 0.05) is 44.3 Å².